The maximum absolute atomic E-state index is 12.5. The monoisotopic (exact) mass is 273 g/mol. The zero-order chi connectivity index (χ0) is 13.8. The zero-order valence-corrected chi connectivity index (χ0v) is 12.1. The van der Waals surface area contributed by atoms with Crippen molar-refractivity contribution in [3.05, 3.63) is 65.7 Å². The molecule has 0 saturated carbocycles. The summed E-state index contributed by atoms with van der Waals surface area (Å²) in [5.74, 6) is 0. The van der Waals surface area contributed by atoms with Gasteiger partial charge in [-0.05, 0) is 37.1 Å². The number of benzene rings is 2. The van der Waals surface area contributed by atoms with Crippen molar-refractivity contribution in [1.82, 2.24) is 0 Å². The molecular formula is C16H19NOS. The SMILES string of the molecule is Cc1cccc(S(=O)C(C)C(N)c2ccccc2)c1. The van der Waals surface area contributed by atoms with Gasteiger partial charge in [-0.3, -0.25) is 4.21 Å². The summed E-state index contributed by atoms with van der Waals surface area (Å²) >= 11 is 0. The fourth-order valence-electron chi connectivity index (χ4n) is 2.03. The van der Waals surface area contributed by atoms with Gasteiger partial charge in [0.25, 0.3) is 0 Å². The van der Waals surface area contributed by atoms with Crippen molar-refractivity contribution in [2.75, 3.05) is 0 Å². The van der Waals surface area contributed by atoms with Crippen LogP contribution in [0.2, 0.25) is 0 Å². The summed E-state index contributed by atoms with van der Waals surface area (Å²) < 4.78 is 12.5. The van der Waals surface area contributed by atoms with Crippen LogP contribution in [-0.2, 0) is 10.8 Å². The number of hydrogen-bond acceptors (Lipinski definition) is 2. The summed E-state index contributed by atoms with van der Waals surface area (Å²) in [5.41, 5.74) is 8.36. The average molecular weight is 273 g/mol. The molecule has 19 heavy (non-hydrogen) atoms. The van der Waals surface area contributed by atoms with Gasteiger partial charge in [0.1, 0.15) is 0 Å². The number of hydrogen-bond donors (Lipinski definition) is 1. The van der Waals surface area contributed by atoms with E-state index in [0.717, 1.165) is 16.0 Å². The molecule has 2 aromatic carbocycles. The molecule has 0 amide bonds. The van der Waals surface area contributed by atoms with E-state index in [4.69, 9.17) is 5.73 Å². The molecule has 0 aliphatic carbocycles. The Morgan fingerprint density at radius 3 is 2.37 bits per heavy atom. The Hall–Kier alpha value is -1.45. The van der Waals surface area contributed by atoms with Gasteiger partial charge in [0.15, 0.2) is 0 Å². The molecule has 0 bridgehead atoms. The summed E-state index contributed by atoms with van der Waals surface area (Å²) in [6.07, 6.45) is 0. The quantitative estimate of drug-likeness (QED) is 0.929. The molecule has 100 valence electrons. The first-order valence-corrected chi connectivity index (χ1v) is 7.58. The van der Waals surface area contributed by atoms with Gasteiger partial charge >= 0.3 is 0 Å². The van der Waals surface area contributed by atoms with E-state index < -0.39 is 10.8 Å². The van der Waals surface area contributed by atoms with Gasteiger partial charge in [-0.1, -0.05) is 42.5 Å². The minimum atomic E-state index is -1.09. The molecule has 0 aliphatic rings. The van der Waals surface area contributed by atoms with E-state index in [0.29, 0.717) is 0 Å². The minimum absolute atomic E-state index is 0.121. The summed E-state index contributed by atoms with van der Waals surface area (Å²) in [5, 5.41) is -0.121. The second-order valence-electron chi connectivity index (χ2n) is 4.76. The van der Waals surface area contributed by atoms with Crippen LogP contribution in [0.25, 0.3) is 0 Å². The summed E-state index contributed by atoms with van der Waals surface area (Å²) in [4.78, 5) is 0.846. The first-order valence-electron chi connectivity index (χ1n) is 6.37. The Morgan fingerprint density at radius 2 is 1.74 bits per heavy atom. The molecule has 0 spiro atoms. The van der Waals surface area contributed by atoms with Crippen molar-refractivity contribution < 1.29 is 4.21 Å². The lowest BCUT2D eigenvalue weighted by Gasteiger charge is -2.20. The topological polar surface area (TPSA) is 43.1 Å². The predicted octanol–water partition coefficient (Wildman–Crippen LogP) is 3.19. The van der Waals surface area contributed by atoms with Gasteiger partial charge in [0, 0.05) is 10.9 Å². The molecule has 3 atom stereocenters. The van der Waals surface area contributed by atoms with Crippen molar-refractivity contribution in [3.8, 4) is 0 Å². The van der Waals surface area contributed by atoms with E-state index in [2.05, 4.69) is 0 Å². The molecule has 3 unspecified atom stereocenters. The number of nitrogens with two attached hydrogens (primary N) is 1. The smallest absolute Gasteiger partial charge is 0.0577 e. The van der Waals surface area contributed by atoms with Crippen molar-refractivity contribution >= 4 is 10.8 Å². The molecule has 0 aliphatic heterocycles. The molecule has 2 N–H and O–H groups in total. The Balaban J connectivity index is 2.20. The number of aryl methyl sites for hydroxylation is 1. The molecule has 2 rings (SSSR count). The van der Waals surface area contributed by atoms with Crippen LogP contribution in [0.4, 0.5) is 0 Å². The maximum Gasteiger partial charge on any atom is 0.0577 e. The van der Waals surface area contributed by atoms with Gasteiger partial charge in [0.05, 0.1) is 16.0 Å². The van der Waals surface area contributed by atoms with Crippen LogP contribution >= 0.6 is 0 Å². The molecule has 0 fully saturated rings. The molecule has 0 heterocycles. The van der Waals surface area contributed by atoms with Crippen LogP contribution in [0, 0.1) is 6.92 Å². The van der Waals surface area contributed by atoms with Gasteiger partial charge in [-0.25, -0.2) is 0 Å². The minimum Gasteiger partial charge on any atom is -0.323 e. The van der Waals surface area contributed by atoms with E-state index in [-0.39, 0.29) is 11.3 Å². The van der Waals surface area contributed by atoms with Crippen LogP contribution in [0.1, 0.15) is 24.1 Å². The van der Waals surface area contributed by atoms with Crippen molar-refractivity contribution in [2.45, 2.75) is 30.0 Å². The Kier molecular flexibility index (Phi) is 4.51. The average Bonchev–Trinajstić information content (AvgIpc) is 2.46. The van der Waals surface area contributed by atoms with Crippen LogP contribution in [-0.4, -0.2) is 9.46 Å². The molecule has 3 heteroatoms. The van der Waals surface area contributed by atoms with Gasteiger partial charge in [0.2, 0.25) is 0 Å². The van der Waals surface area contributed by atoms with Crippen molar-refractivity contribution in [3.63, 3.8) is 0 Å². The lowest BCUT2D eigenvalue weighted by molar-refractivity contribution is 0.643. The maximum atomic E-state index is 12.5. The third kappa shape index (κ3) is 3.31. The highest BCUT2D eigenvalue weighted by Crippen LogP contribution is 2.22. The normalized spacial score (nSPS) is 15.7. The lowest BCUT2D eigenvalue weighted by Crippen LogP contribution is -2.27. The summed E-state index contributed by atoms with van der Waals surface area (Å²) in [6.45, 7) is 3.94. The standard InChI is InChI=1S/C16H19NOS/c1-12-7-6-10-15(11-12)19(18)13(2)16(17)14-8-4-3-5-9-14/h3-11,13,16H,17H2,1-2H3. The Bertz CT molecular complexity index is 568. The van der Waals surface area contributed by atoms with Gasteiger partial charge in [-0.15, -0.1) is 0 Å². The van der Waals surface area contributed by atoms with Gasteiger partial charge < -0.3 is 5.73 Å². The summed E-state index contributed by atoms with van der Waals surface area (Å²) in [6, 6.07) is 17.4. The van der Waals surface area contributed by atoms with E-state index in [1.165, 1.54) is 0 Å². The Morgan fingerprint density at radius 1 is 1.05 bits per heavy atom. The highest BCUT2D eigenvalue weighted by molar-refractivity contribution is 7.85. The molecular weight excluding hydrogens is 254 g/mol. The van der Waals surface area contributed by atoms with Crippen molar-refractivity contribution in [1.29, 1.82) is 0 Å². The molecule has 0 radical (unpaired) electrons. The predicted molar refractivity (Wildman–Crippen MR) is 80.4 cm³/mol. The highest BCUT2D eigenvalue weighted by Gasteiger charge is 2.21. The zero-order valence-electron chi connectivity index (χ0n) is 11.2. The Labute approximate surface area is 117 Å². The van der Waals surface area contributed by atoms with E-state index >= 15 is 0 Å². The van der Waals surface area contributed by atoms with E-state index in [1.54, 1.807) is 0 Å². The second kappa shape index (κ2) is 6.13. The molecule has 0 saturated heterocycles. The lowest BCUT2D eigenvalue weighted by atomic mass is 10.1. The fourth-order valence-corrected chi connectivity index (χ4v) is 3.40. The highest BCUT2D eigenvalue weighted by atomic mass is 32.2. The van der Waals surface area contributed by atoms with Crippen molar-refractivity contribution in [2.24, 2.45) is 5.73 Å². The van der Waals surface area contributed by atoms with Crippen LogP contribution in [0.15, 0.2) is 59.5 Å². The van der Waals surface area contributed by atoms with Gasteiger partial charge in [-0.2, -0.15) is 0 Å². The van der Waals surface area contributed by atoms with Crippen LogP contribution < -0.4 is 5.73 Å². The van der Waals surface area contributed by atoms with Crippen LogP contribution in [0.3, 0.4) is 0 Å². The van der Waals surface area contributed by atoms with E-state index in [9.17, 15) is 4.21 Å². The second-order valence-corrected chi connectivity index (χ2v) is 6.57. The van der Waals surface area contributed by atoms with Crippen LogP contribution in [0.5, 0.6) is 0 Å². The molecule has 2 aromatic rings. The fraction of sp³-hybridized carbons (Fsp3) is 0.250. The third-order valence-corrected chi connectivity index (χ3v) is 4.94. The third-order valence-electron chi connectivity index (χ3n) is 3.25. The first-order chi connectivity index (χ1) is 9.09. The largest absolute Gasteiger partial charge is 0.323 e. The molecule has 0 aromatic heterocycles. The number of rotatable bonds is 4. The van der Waals surface area contributed by atoms with E-state index in [1.807, 2.05) is 68.4 Å². The first kappa shape index (κ1) is 14.0. The molecule has 2 nitrogen and oxygen atoms in total. The summed E-state index contributed by atoms with van der Waals surface area (Å²) in [7, 11) is -1.09.